The van der Waals surface area contributed by atoms with Gasteiger partial charge in [-0.1, -0.05) is 0 Å². The van der Waals surface area contributed by atoms with Crippen molar-refractivity contribution in [3.05, 3.63) is 24.2 Å². The molecule has 2 N–H and O–H groups in total. The van der Waals surface area contributed by atoms with Gasteiger partial charge in [-0.2, -0.15) is 0 Å². The van der Waals surface area contributed by atoms with E-state index >= 15 is 0 Å². The summed E-state index contributed by atoms with van der Waals surface area (Å²) in [6.07, 6.45) is 2.53. The Morgan fingerprint density at radius 1 is 1.64 bits per heavy atom. The van der Waals surface area contributed by atoms with Crippen molar-refractivity contribution in [1.29, 1.82) is 0 Å². The maximum absolute atomic E-state index is 5.54. The molecule has 0 aliphatic carbocycles. The molecular formula is C8H10N2O. The Morgan fingerprint density at radius 2 is 2.55 bits per heavy atom. The van der Waals surface area contributed by atoms with Gasteiger partial charge < -0.3 is 10.2 Å². The minimum atomic E-state index is 0.380. The van der Waals surface area contributed by atoms with E-state index in [-0.39, 0.29) is 0 Å². The Kier molecular flexibility index (Phi) is 1.42. The van der Waals surface area contributed by atoms with Crippen molar-refractivity contribution in [2.45, 2.75) is 12.3 Å². The van der Waals surface area contributed by atoms with Gasteiger partial charge in [0.25, 0.3) is 0 Å². The van der Waals surface area contributed by atoms with E-state index in [0.717, 1.165) is 24.6 Å². The molecule has 2 rings (SSSR count). The molecule has 1 atom stereocenters. The smallest absolute Gasteiger partial charge is 0.109 e. The van der Waals surface area contributed by atoms with Crippen LogP contribution in [0.2, 0.25) is 0 Å². The van der Waals surface area contributed by atoms with Crippen molar-refractivity contribution in [2.75, 3.05) is 6.54 Å². The highest BCUT2D eigenvalue weighted by Crippen LogP contribution is 2.24. The van der Waals surface area contributed by atoms with E-state index in [1.54, 1.807) is 6.26 Å². The van der Waals surface area contributed by atoms with Gasteiger partial charge in [-0.05, 0) is 12.1 Å². The standard InChI is InChI=1S/C8H10N2O/c9-8-4-6(5-10-8)7-2-1-3-11-7/h1-3,6H,4-5H2,(H2,9,10). The molecule has 2 heterocycles. The van der Waals surface area contributed by atoms with Gasteiger partial charge in [-0.25, -0.2) is 0 Å². The lowest BCUT2D eigenvalue weighted by atomic mass is 10.1. The first-order valence-electron chi connectivity index (χ1n) is 3.68. The number of nitrogens with two attached hydrogens (primary N) is 1. The maximum Gasteiger partial charge on any atom is 0.109 e. The number of aliphatic imine (C=N–C) groups is 1. The summed E-state index contributed by atoms with van der Waals surface area (Å²) in [5.41, 5.74) is 5.54. The molecule has 0 radical (unpaired) electrons. The molecule has 3 nitrogen and oxygen atoms in total. The molecule has 1 aromatic rings. The molecule has 1 aromatic heterocycles. The monoisotopic (exact) mass is 150 g/mol. The number of hydrogen-bond acceptors (Lipinski definition) is 3. The lowest BCUT2D eigenvalue weighted by Crippen LogP contribution is -2.08. The zero-order chi connectivity index (χ0) is 7.68. The van der Waals surface area contributed by atoms with Crippen LogP contribution in [0.25, 0.3) is 0 Å². The fourth-order valence-electron chi connectivity index (χ4n) is 1.32. The van der Waals surface area contributed by atoms with E-state index < -0.39 is 0 Å². The number of furan rings is 1. The van der Waals surface area contributed by atoms with Crippen molar-refractivity contribution < 1.29 is 4.42 Å². The minimum Gasteiger partial charge on any atom is -0.469 e. The van der Waals surface area contributed by atoms with Crippen LogP contribution in [0, 0.1) is 0 Å². The minimum absolute atomic E-state index is 0.380. The highest BCUT2D eigenvalue weighted by Gasteiger charge is 2.20. The fraction of sp³-hybridized carbons (Fsp3) is 0.375. The third-order valence-electron chi connectivity index (χ3n) is 1.92. The molecule has 1 aliphatic rings. The first-order valence-corrected chi connectivity index (χ1v) is 3.68. The number of hydrogen-bond donors (Lipinski definition) is 1. The van der Waals surface area contributed by atoms with E-state index in [1.165, 1.54) is 0 Å². The summed E-state index contributed by atoms with van der Waals surface area (Å²) in [7, 11) is 0. The zero-order valence-corrected chi connectivity index (χ0v) is 6.16. The molecule has 1 unspecified atom stereocenters. The second-order valence-corrected chi connectivity index (χ2v) is 2.75. The largest absolute Gasteiger partial charge is 0.469 e. The normalized spacial score (nSPS) is 23.6. The molecular weight excluding hydrogens is 140 g/mol. The Bertz CT molecular complexity index is 264. The molecule has 58 valence electrons. The van der Waals surface area contributed by atoms with Gasteiger partial charge in [0.05, 0.1) is 18.6 Å². The summed E-state index contributed by atoms with van der Waals surface area (Å²) in [5.74, 6) is 2.12. The van der Waals surface area contributed by atoms with Crippen LogP contribution in [0.1, 0.15) is 18.1 Å². The summed E-state index contributed by atoms with van der Waals surface area (Å²) < 4.78 is 5.24. The molecule has 0 saturated carbocycles. The average molecular weight is 150 g/mol. The van der Waals surface area contributed by atoms with Crippen LogP contribution < -0.4 is 5.73 Å². The average Bonchev–Trinajstić information content (AvgIpc) is 2.55. The Hall–Kier alpha value is -1.25. The summed E-state index contributed by atoms with van der Waals surface area (Å²) in [6, 6.07) is 3.86. The SMILES string of the molecule is NC1=NCC(c2ccco2)C1. The topological polar surface area (TPSA) is 51.5 Å². The Balaban J connectivity index is 2.11. The number of nitrogens with zero attached hydrogens (tertiary/aromatic N) is 1. The van der Waals surface area contributed by atoms with E-state index in [0.29, 0.717) is 5.92 Å². The van der Waals surface area contributed by atoms with Gasteiger partial charge in [0, 0.05) is 12.3 Å². The summed E-state index contributed by atoms with van der Waals surface area (Å²) >= 11 is 0. The molecule has 0 aromatic carbocycles. The summed E-state index contributed by atoms with van der Waals surface area (Å²) in [5, 5.41) is 0. The maximum atomic E-state index is 5.54. The van der Waals surface area contributed by atoms with Crippen molar-refractivity contribution in [1.82, 2.24) is 0 Å². The van der Waals surface area contributed by atoms with E-state index in [4.69, 9.17) is 10.2 Å². The molecule has 0 fully saturated rings. The van der Waals surface area contributed by atoms with Crippen LogP contribution in [0.3, 0.4) is 0 Å². The second-order valence-electron chi connectivity index (χ2n) is 2.75. The number of rotatable bonds is 1. The van der Waals surface area contributed by atoms with Gasteiger partial charge in [-0.3, -0.25) is 4.99 Å². The van der Waals surface area contributed by atoms with E-state index in [9.17, 15) is 0 Å². The first-order chi connectivity index (χ1) is 5.36. The second kappa shape index (κ2) is 2.42. The van der Waals surface area contributed by atoms with Gasteiger partial charge in [-0.15, -0.1) is 0 Å². The Labute approximate surface area is 64.9 Å². The van der Waals surface area contributed by atoms with Gasteiger partial charge in [0.2, 0.25) is 0 Å². The molecule has 0 saturated heterocycles. The molecule has 0 bridgehead atoms. The molecule has 1 aliphatic heterocycles. The zero-order valence-electron chi connectivity index (χ0n) is 6.16. The predicted octanol–water partition coefficient (Wildman–Crippen LogP) is 1.12. The summed E-state index contributed by atoms with van der Waals surface area (Å²) in [4.78, 5) is 4.11. The molecule has 0 amide bonds. The van der Waals surface area contributed by atoms with Gasteiger partial charge in [0.15, 0.2) is 0 Å². The molecule has 11 heavy (non-hydrogen) atoms. The number of amidine groups is 1. The fourth-order valence-corrected chi connectivity index (χ4v) is 1.32. The highest BCUT2D eigenvalue weighted by atomic mass is 16.3. The first kappa shape index (κ1) is 6.46. The quantitative estimate of drug-likeness (QED) is 0.652. The van der Waals surface area contributed by atoms with Crippen molar-refractivity contribution in [3.63, 3.8) is 0 Å². The van der Waals surface area contributed by atoms with Crippen LogP contribution in [-0.2, 0) is 0 Å². The van der Waals surface area contributed by atoms with Crippen LogP contribution in [-0.4, -0.2) is 12.4 Å². The molecule has 3 heteroatoms. The van der Waals surface area contributed by atoms with Crippen LogP contribution >= 0.6 is 0 Å². The molecule has 0 spiro atoms. The third-order valence-corrected chi connectivity index (χ3v) is 1.92. The third kappa shape index (κ3) is 1.13. The van der Waals surface area contributed by atoms with Crippen LogP contribution in [0.15, 0.2) is 27.8 Å². The van der Waals surface area contributed by atoms with Crippen LogP contribution in [0.4, 0.5) is 0 Å². The van der Waals surface area contributed by atoms with E-state index in [2.05, 4.69) is 4.99 Å². The van der Waals surface area contributed by atoms with Gasteiger partial charge >= 0.3 is 0 Å². The predicted molar refractivity (Wildman–Crippen MR) is 42.6 cm³/mol. The van der Waals surface area contributed by atoms with E-state index in [1.807, 2.05) is 12.1 Å². The summed E-state index contributed by atoms with van der Waals surface area (Å²) in [6.45, 7) is 0.777. The van der Waals surface area contributed by atoms with Crippen molar-refractivity contribution in [3.8, 4) is 0 Å². The Morgan fingerprint density at radius 3 is 3.09 bits per heavy atom. The van der Waals surface area contributed by atoms with Crippen molar-refractivity contribution in [2.24, 2.45) is 10.7 Å². The highest BCUT2D eigenvalue weighted by molar-refractivity contribution is 5.82. The van der Waals surface area contributed by atoms with Crippen LogP contribution in [0.5, 0.6) is 0 Å². The van der Waals surface area contributed by atoms with Gasteiger partial charge in [0.1, 0.15) is 5.76 Å². The lowest BCUT2D eigenvalue weighted by Gasteiger charge is -2.01. The van der Waals surface area contributed by atoms with Crippen molar-refractivity contribution >= 4 is 5.84 Å². The lowest BCUT2D eigenvalue weighted by molar-refractivity contribution is 0.476.